The van der Waals surface area contributed by atoms with E-state index in [0.717, 1.165) is 21.2 Å². The van der Waals surface area contributed by atoms with E-state index in [4.69, 9.17) is 16.3 Å². The molecule has 0 spiro atoms. The van der Waals surface area contributed by atoms with Crippen molar-refractivity contribution in [2.45, 2.75) is 6.92 Å². The first kappa shape index (κ1) is 16.0. The number of carbonyl (C=O) groups excluding carboxylic acids is 1. The van der Waals surface area contributed by atoms with E-state index < -0.39 is 5.24 Å². The van der Waals surface area contributed by atoms with Crippen molar-refractivity contribution in [3.05, 3.63) is 58.6 Å². The third kappa shape index (κ3) is 3.23. The van der Waals surface area contributed by atoms with Crippen molar-refractivity contribution >= 4 is 43.7 Å². The molecule has 0 radical (unpaired) electrons. The fourth-order valence-electron chi connectivity index (χ4n) is 2.46. The molecule has 0 amide bonds. The Morgan fingerprint density at radius 3 is 2.74 bits per heavy atom. The normalized spacial score (nSPS) is 10.7. The molecule has 5 heteroatoms. The van der Waals surface area contributed by atoms with Gasteiger partial charge >= 0.3 is 0 Å². The van der Waals surface area contributed by atoms with Gasteiger partial charge in [-0.2, -0.15) is 0 Å². The van der Waals surface area contributed by atoms with Crippen LogP contribution in [0.3, 0.4) is 0 Å². The highest BCUT2D eigenvalue weighted by atomic mass is 79.9. The lowest BCUT2D eigenvalue weighted by molar-refractivity contribution is 0.108. The first-order chi connectivity index (χ1) is 11.1. The van der Waals surface area contributed by atoms with E-state index in [0.29, 0.717) is 23.4 Å². The monoisotopic (exact) mass is 389 g/mol. The average Bonchev–Trinajstić information content (AvgIpc) is 2.54. The molecule has 0 aliphatic heterocycles. The molecule has 2 aromatic carbocycles. The molecular formula is C18H13BrClNO2. The summed E-state index contributed by atoms with van der Waals surface area (Å²) in [6.45, 7) is 2.48. The van der Waals surface area contributed by atoms with Gasteiger partial charge in [0.05, 0.1) is 17.8 Å². The number of aromatic nitrogens is 1. The zero-order chi connectivity index (χ0) is 16.4. The zero-order valence-corrected chi connectivity index (χ0v) is 14.7. The van der Waals surface area contributed by atoms with Crippen LogP contribution >= 0.6 is 27.5 Å². The van der Waals surface area contributed by atoms with Gasteiger partial charge in [0, 0.05) is 21.0 Å². The Bertz CT molecular complexity index is 895. The van der Waals surface area contributed by atoms with Crippen LogP contribution in [0.5, 0.6) is 5.75 Å². The van der Waals surface area contributed by atoms with Crippen molar-refractivity contribution in [3.8, 4) is 17.0 Å². The summed E-state index contributed by atoms with van der Waals surface area (Å²) in [5, 5.41) is 0.211. The van der Waals surface area contributed by atoms with Crippen molar-refractivity contribution in [1.29, 1.82) is 0 Å². The van der Waals surface area contributed by atoms with Crippen LogP contribution in [0.2, 0.25) is 0 Å². The van der Waals surface area contributed by atoms with E-state index in [1.54, 1.807) is 6.07 Å². The van der Waals surface area contributed by atoms with Crippen LogP contribution in [0.15, 0.2) is 53.0 Å². The summed E-state index contributed by atoms with van der Waals surface area (Å²) in [6.07, 6.45) is 0. The van der Waals surface area contributed by atoms with E-state index in [1.807, 2.05) is 49.4 Å². The fraction of sp³-hybridized carbons (Fsp3) is 0.111. The second-order valence-electron chi connectivity index (χ2n) is 4.92. The Morgan fingerprint density at radius 2 is 2.00 bits per heavy atom. The zero-order valence-electron chi connectivity index (χ0n) is 12.3. The second kappa shape index (κ2) is 6.69. The molecule has 0 saturated carbocycles. The largest absolute Gasteiger partial charge is 0.493 e. The summed E-state index contributed by atoms with van der Waals surface area (Å²) in [5.74, 6) is 0.729. The number of para-hydroxylation sites is 1. The van der Waals surface area contributed by atoms with Crippen LogP contribution < -0.4 is 4.74 Å². The summed E-state index contributed by atoms with van der Waals surface area (Å²) >= 11 is 9.19. The molecule has 3 rings (SSSR count). The lowest BCUT2D eigenvalue weighted by Gasteiger charge is -2.12. The molecule has 0 fully saturated rings. The highest BCUT2D eigenvalue weighted by Crippen LogP contribution is 2.32. The van der Waals surface area contributed by atoms with E-state index >= 15 is 0 Å². The SMILES string of the molecule is CCOc1ccccc1-c1cc(C(=O)Cl)c2cc(Br)ccc2n1. The summed E-state index contributed by atoms with van der Waals surface area (Å²) in [7, 11) is 0. The molecule has 1 heterocycles. The Kier molecular flexibility index (Phi) is 4.64. The van der Waals surface area contributed by atoms with Crippen molar-refractivity contribution in [3.63, 3.8) is 0 Å². The predicted octanol–water partition coefficient (Wildman–Crippen LogP) is 5.44. The van der Waals surface area contributed by atoms with Crippen molar-refractivity contribution in [2.24, 2.45) is 0 Å². The minimum atomic E-state index is -0.509. The van der Waals surface area contributed by atoms with Gasteiger partial charge in [-0.1, -0.05) is 28.1 Å². The predicted molar refractivity (Wildman–Crippen MR) is 96.2 cm³/mol. The van der Waals surface area contributed by atoms with Crippen molar-refractivity contribution < 1.29 is 9.53 Å². The summed E-state index contributed by atoms with van der Waals surface area (Å²) in [4.78, 5) is 16.5. The van der Waals surface area contributed by atoms with Gasteiger partial charge in [-0.25, -0.2) is 4.98 Å². The number of fused-ring (bicyclic) bond motifs is 1. The molecule has 116 valence electrons. The quantitative estimate of drug-likeness (QED) is 0.557. The van der Waals surface area contributed by atoms with Gasteiger partial charge in [-0.3, -0.25) is 4.79 Å². The number of ether oxygens (including phenoxy) is 1. The number of benzene rings is 2. The maximum absolute atomic E-state index is 11.9. The Hall–Kier alpha value is -1.91. The van der Waals surface area contributed by atoms with Crippen LogP contribution in [0.25, 0.3) is 22.2 Å². The lowest BCUT2D eigenvalue weighted by Crippen LogP contribution is -1.98. The molecule has 0 N–H and O–H groups in total. The van der Waals surface area contributed by atoms with Crippen LogP contribution in [0.4, 0.5) is 0 Å². The van der Waals surface area contributed by atoms with Crippen molar-refractivity contribution in [1.82, 2.24) is 4.98 Å². The number of halogens is 2. The maximum atomic E-state index is 11.9. The fourth-order valence-corrected chi connectivity index (χ4v) is 2.98. The topological polar surface area (TPSA) is 39.2 Å². The molecule has 0 unspecified atom stereocenters. The van der Waals surface area contributed by atoms with E-state index in [9.17, 15) is 4.79 Å². The Balaban J connectivity index is 2.27. The van der Waals surface area contributed by atoms with Gasteiger partial charge in [-0.05, 0) is 54.9 Å². The number of nitrogens with zero attached hydrogens (tertiary/aromatic N) is 1. The highest BCUT2D eigenvalue weighted by molar-refractivity contribution is 9.10. The van der Waals surface area contributed by atoms with Crippen LogP contribution in [-0.4, -0.2) is 16.8 Å². The minimum Gasteiger partial charge on any atom is -0.493 e. The Labute approximate surface area is 147 Å². The molecule has 0 bridgehead atoms. The average molecular weight is 391 g/mol. The standard InChI is InChI=1S/C18H13BrClNO2/c1-2-23-17-6-4-3-5-12(17)16-10-14(18(20)22)13-9-11(19)7-8-15(13)21-16/h3-10H,2H2,1H3. The van der Waals surface area contributed by atoms with Gasteiger partial charge in [-0.15, -0.1) is 0 Å². The second-order valence-corrected chi connectivity index (χ2v) is 6.18. The smallest absolute Gasteiger partial charge is 0.253 e. The highest BCUT2D eigenvalue weighted by Gasteiger charge is 2.15. The van der Waals surface area contributed by atoms with Crippen LogP contribution in [0.1, 0.15) is 17.3 Å². The van der Waals surface area contributed by atoms with Crippen LogP contribution in [-0.2, 0) is 0 Å². The summed E-state index contributed by atoms with van der Waals surface area (Å²) in [5.41, 5.74) is 2.63. The van der Waals surface area contributed by atoms with E-state index in [2.05, 4.69) is 20.9 Å². The molecule has 0 aliphatic carbocycles. The summed E-state index contributed by atoms with van der Waals surface area (Å²) < 4.78 is 6.53. The molecule has 0 saturated heterocycles. The van der Waals surface area contributed by atoms with Crippen LogP contribution in [0, 0.1) is 0 Å². The van der Waals surface area contributed by atoms with E-state index in [1.165, 1.54) is 0 Å². The maximum Gasteiger partial charge on any atom is 0.253 e. The van der Waals surface area contributed by atoms with Crippen molar-refractivity contribution in [2.75, 3.05) is 6.61 Å². The molecule has 1 aromatic heterocycles. The first-order valence-electron chi connectivity index (χ1n) is 7.12. The van der Waals surface area contributed by atoms with Gasteiger partial charge in [0.1, 0.15) is 5.75 Å². The number of hydrogen-bond donors (Lipinski definition) is 0. The molecule has 0 atom stereocenters. The van der Waals surface area contributed by atoms with E-state index in [-0.39, 0.29) is 0 Å². The summed E-state index contributed by atoms with van der Waals surface area (Å²) in [6, 6.07) is 14.9. The van der Waals surface area contributed by atoms with Gasteiger partial charge in [0.25, 0.3) is 5.24 Å². The lowest BCUT2D eigenvalue weighted by atomic mass is 10.0. The Morgan fingerprint density at radius 1 is 1.22 bits per heavy atom. The van der Waals surface area contributed by atoms with Gasteiger partial charge in [0.15, 0.2) is 0 Å². The molecule has 3 nitrogen and oxygen atoms in total. The number of carbonyl (C=O) groups is 1. The molecule has 23 heavy (non-hydrogen) atoms. The third-order valence-corrected chi connectivity index (χ3v) is 4.14. The molecule has 3 aromatic rings. The van der Waals surface area contributed by atoms with Gasteiger partial charge in [0.2, 0.25) is 0 Å². The number of hydrogen-bond acceptors (Lipinski definition) is 3. The minimum absolute atomic E-state index is 0.430. The van der Waals surface area contributed by atoms with Gasteiger partial charge < -0.3 is 4.74 Å². The number of rotatable bonds is 4. The number of pyridine rings is 1. The third-order valence-electron chi connectivity index (χ3n) is 3.45. The molecular weight excluding hydrogens is 378 g/mol. The first-order valence-corrected chi connectivity index (χ1v) is 8.29. The molecule has 0 aliphatic rings.